The van der Waals surface area contributed by atoms with Crippen LogP contribution < -0.4 is 37.9 Å². The fourth-order valence-corrected chi connectivity index (χ4v) is 2.45. The first kappa shape index (κ1) is 15.2. The second kappa shape index (κ2) is 7.01. The normalized spacial score (nSPS) is 22.6. The largest absolute Gasteiger partial charge is 0.456 e. The minimum Gasteiger partial charge on any atom is -0.456 e. The average molecular weight is 488 g/mol. The quantitative estimate of drug-likeness (QED) is 0.199. The number of halogens is 2. The van der Waals surface area contributed by atoms with Crippen LogP contribution >= 0.6 is 45.2 Å². The highest BCUT2D eigenvalue weighted by Gasteiger charge is 2.23. The van der Waals surface area contributed by atoms with Crippen molar-refractivity contribution in [1.29, 1.82) is 0 Å². The molecule has 1 aliphatic heterocycles. The molecule has 2 atom stereocenters. The molecule has 0 radical (unpaired) electrons. The van der Waals surface area contributed by atoms with E-state index in [0.29, 0.717) is 5.76 Å². The smallest absolute Gasteiger partial charge is 0.153 e. The molecule has 0 amide bonds. The molecule has 0 fully saturated rings. The highest BCUT2D eigenvalue weighted by Crippen LogP contribution is 2.25. The van der Waals surface area contributed by atoms with Crippen LogP contribution in [-0.2, 0) is 0 Å². The van der Waals surface area contributed by atoms with Gasteiger partial charge in [-0.2, -0.15) is 0 Å². The van der Waals surface area contributed by atoms with Crippen molar-refractivity contribution in [2.75, 3.05) is 0 Å². The molecular formula is C10H14I2N6O. The van der Waals surface area contributed by atoms with E-state index in [9.17, 15) is 0 Å². The Bertz CT molecular complexity index is 483. The number of ether oxygens (including phenoxy) is 1. The molecule has 9 heteroatoms. The second-order valence-corrected chi connectivity index (χ2v) is 6.16. The summed E-state index contributed by atoms with van der Waals surface area (Å²) in [6.45, 7) is 0. The summed E-state index contributed by atoms with van der Waals surface area (Å²) in [6, 6.07) is 5.98. The lowest BCUT2D eigenvalue weighted by Gasteiger charge is -2.31. The van der Waals surface area contributed by atoms with Crippen LogP contribution in [0, 0.1) is 7.14 Å². The third kappa shape index (κ3) is 3.90. The molecule has 0 saturated carbocycles. The Morgan fingerprint density at radius 3 is 2.68 bits per heavy atom. The summed E-state index contributed by atoms with van der Waals surface area (Å²) in [7, 11) is 0. The first-order chi connectivity index (χ1) is 9.13. The molecular weight excluding hydrogens is 474 g/mol. The lowest BCUT2D eigenvalue weighted by Crippen LogP contribution is -2.64. The van der Waals surface area contributed by atoms with Gasteiger partial charge in [-0.3, -0.25) is 17.0 Å². The first-order valence-electron chi connectivity index (χ1n) is 5.41. The summed E-state index contributed by atoms with van der Waals surface area (Å²) in [5.41, 5.74) is 5.18. The summed E-state index contributed by atoms with van der Waals surface area (Å²) in [4.78, 5) is 0. The number of nitrogens with one attached hydrogen (secondary N) is 4. The summed E-state index contributed by atoms with van der Waals surface area (Å²) in [6.07, 6.45) is 1.11. The maximum absolute atomic E-state index is 5.88. The lowest BCUT2D eigenvalue weighted by molar-refractivity contribution is 0.247. The van der Waals surface area contributed by atoms with E-state index in [2.05, 4.69) is 66.7 Å². The summed E-state index contributed by atoms with van der Waals surface area (Å²) in [5.74, 6) is 12.3. The van der Waals surface area contributed by atoms with Gasteiger partial charge in [-0.1, -0.05) is 0 Å². The van der Waals surface area contributed by atoms with Crippen molar-refractivity contribution in [1.82, 2.24) is 21.5 Å². The Kier molecular flexibility index (Phi) is 5.61. The highest BCUT2D eigenvalue weighted by molar-refractivity contribution is 14.1. The minimum atomic E-state index is -0.337. The molecule has 1 aromatic carbocycles. The topological polar surface area (TPSA) is 109 Å². The monoisotopic (exact) mass is 488 g/mol. The molecule has 0 aliphatic carbocycles. The highest BCUT2D eigenvalue weighted by atomic mass is 127. The van der Waals surface area contributed by atoms with Crippen LogP contribution in [0.1, 0.15) is 0 Å². The van der Waals surface area contributed by atoms with Gasteiger partial charge in [0, 0.05) is 9.77 Å². The van der Waals surface area contributed by atoms with Gasteiger partial charge in [0.1, 0.15) is 18.2 Å². The van der Waals surface area contributed by atoms with Crippen LogP contribution in [0.25, 0.3) is 0 Å². The second-order valence-electron chi connectivity index (χ2n) is 3.76. The van der Waals surface area contributed by atoms with E-state index < -0.39 is 0 Å². The first-order valence-corrected chi connectivity index (χ1v) is 7.57. The molecule has 0 spiro atoms. The number of nitrogens with two attached hydrogens (primary N) is 2. The zero-order valence-corrected chi connectivity index (χ0v) is 14.1. The van der Waals surface area contributed by atoms with E-state index in [1.54, 1.807) is 6.20 Å². The standard InChI is InChI=1S/C10H14I2N6O/c11-5-1-2-6(12)7(3-5)19-8-4-15-10(18-14)16-9(8)17-13/h1-4,9-10,15-18H,13-14H2. The fraction of sp³-hybridized carbons (Fsp3) is 0.200. The average Bonchev–Trinajstić information content (AvgIpc) is 2.43. The van der Waals surface area contributed by atoms with E-state index in [4.69, 9.17) is 16.4 Å². The van der Waals surface area contributed by atoms with Crippen LogP contribution in [0.2, 0.25) is 0 Å². The maximum Gasteiger partial charge on any atom is 0.153 e. The zero-order chi connectivity index (χ0) is 13.8. The van der Waals surface area contributed by atoms with Gasteiger partial charge in [0.15, 0.2) is 5.76 Å². The van der Waals surface area contributed by atoms with Gasteiger partial charge in [0.05, 0.1) is 3.57 Å². The molecule has 1 heterocycles. The fourth-order valence-electron chi connectivity index (χ4n) is 1.54. The van der Waals surface area contributed by atoms with Crippen molar-refractivity contribution in [3.8, 4) is 5.75 Å². The van der Waals surface area contributed by atoms with Gasteiger partial charge in [-0.15, -0.1) is 0 Å². The molecule has 2 rings (SSSR count). The molecule has 7 nitrogen and oxygen atoms in total. The van der Waals surface area contributed by atoms with E-state index >= 15 is 0 Å². The summed E-state index contributed by atoms with van der Waals surface area (Å²) >= 11 is 4.46. The van der Waals surface area contributed by atoms with Gasteiger partial charge in [-0.05, 0) is 63.4 Å². The summed E-state index contributed by atoms with van der Waals surface area (Å²) in [5, 5.41) is 6.08. The lowest BCUT2D eigenvalue weighted by atomic mass is 10.3. The van der Waals surface area contributed by atoms with Crippen LogP contribution in [0.15, 0.2) is 30.2 Å². The van der Waals surface area contributed by atoms with Gasteiger partial charge in [0.2, 0.25) is 0 Å². The number of hydrazine groups is 2. The predicted molar refractivity (Wildman–Crippen MR) is 89.1 cm³/mol. The Balaban J connectivity index is 2.17. The van der Waals surface area contributed by atoms with Gasteiger partial charge >= 0.3 is 0 Å². The number of benzene rings is 1. The molecule has 2 unspecified atom stereocenters. The van der Waals surface area contributed by atoms with Crippen molar-refractivity contribution < 1.29 is 4.74 Å². The Hall–Kier alpha value is -0.180. The Labute approximate surface area is 138 Å². The van der Waals surface area contributed by atoms with Crippen LogP contribution in [0.5, 0.6) is 5.75 Å². The summed E-state index contributed by atoms with van der Waals surface area (Å²) < 4.78 is 8.00. The molecule has 0 aromatic heterocycles. The van der Waals surface area contributed by atoms with Gasteiger partial charge in [-0.25, -0.2) is 10.9 Å². The SMILES string of the molecule is NNC1NC=C(Oc2cc(I)ccc2I)C(NN)N1. The molecule has 1 aliphatic rings. The molecule has 8 N–H and O–H groups in total. The molecule has 19 heavy (non-hydrogen) atoms. The third-order valence-electron chi connectivity index (χ3n) is 2.46. The van der Waals surface area contributed by atoms with Crippen LogP contribution in [0.3, 0.4) is 0 Å². The van der Waals surface area contributed by atoms with Crippen LogP contribution in [0.4, 0.5) is 0 Å². The number of hydrogen-bond donors (Lipinski definition) is 6. The Morgan fingerprint density at radius 2 is 2.00 bits per heavy atom. The maximum atomic E-state index is 5.88. The van der Waals surface area contributed by atoms with E-state index in [0.717, 1.165) is 12.9 Å². The van der Waals surface area contributed by atoms with E-state index in [1.807, 2.05) is 18.2 Å². The van der Waals surface area contributed by atoms with Crippen molar-refractivity contribution in [3.05, 3.63) is 37.3 Å². The number of rotatable bonds is 4. The van der Waals surface area contributed by atoms with Crippen molar-refractivity contribution in [3.63, 3.8) is 0 Å². The number of hydrogen-bond acceptors (Lipinski definition) is 7. The third-order valence-corrected chi connectivity index (χ3v) is 4.03. The van der Waals surface area contributed by atoms with Crippen molar-refractivity contribution in [2.24, 2.45) is 11.7 Å². The molecule has 0 bridgehead atoms. The molecule has 0 saturated heterocycles. The van der Waals surface area contributed by atoms with E-state index in [1.165, 1.54) is 0 Å². The van der Waals surface area contributed by atoms with Gasteiger partial charge < -0.3 is 10.1 Å². The Morgan fingerprint density at radius 1 is 1.21 bits per heavy atom. The van der Waals surface area contributed by atoms with Crippen molar-refractivity contribution >= 4 is 45.2 Å². The van der Waals surface area contributed by atoms with Gasteiger partial charge in [0.25, 0.3) is 0 Å². The van der Waals surface area contributed by atoms with Crippen LogP contribution in [-0.4, -0.2) is 12.5 Å². The van der Waals surface area contributed by atoms with E-state index in [-0.39, 0.29) is 12.5 Å². The minimum absolute atomic E-state index is 0.275. The van der Waals surface area contributed by atoms with Crippen molar-refractivity contribution in [2.45, 2.75) is 12.5 Å². The molecule has 104 valence electrons. The predicted octanol–water partition coefficient (Wildman–Crippen LogP) is -0.155. The molecule has 1 aromatic rings. The zero-order valence-electron chi connectivity index (χ0n) is 9.78.